The van der Waals surface area contributed by atoms with Gasteiger partial charge in [-0.05, 0) is 42.0 Å². The highest BCUT2D eigenvalue weighted by Crippen LogP contribution is 2.32. The van der Waals surface area contributed by atoms with Gasteiger partial charge in [-0.2, -0.15) is 18.4 Å². The number of carbonyl (C=O) groups excluding carboxylic acids is 1. The summed E-state index contributed by atoms with van der Waals surface area (Å²) < 4.78 is 49.1. The number of halogens is 3. The van der Waals surface area contributed by atoms with Crippen LogP contribution in [0.15, 0.2) is 48.0 Å². The molecule has 8 heteroatoms. The Kier molecular flexibility index (Phi) is 5.03. The zero-order valence-corrected chi connectivity index (χ0v) is 13.8. The summed E-state index contributed by atoms with van der Waals surface area (Å²) in [5, 5.41) is 11.5. The summed E-state index contributed by atoms with van der Waals surface area (Å²) in [6.07, 6.45) is -3.21. The largest absolute Gasteiger partial charge is 0.486 e. The molecule has 1 heterocycles. The van der Waals surface area contributed by atoms with Crippen molar-refractivity contribution >= 4 is 17.7 Å². The highest BCUT2D eigenvalue weighted by Gasteiger charge is 2.30. The van der Waals surface area contributed by atoms with E-state index in [1.807, 2.05) is 0 Å². The fourth-order valence-corrected chi connectivity index (χ4v) is 2.44. The van der Waals surface area contributed by atoms with E-state index in [4.69, 9.17) is 9.47 Å². The molecule has 0 unspecified atom stereocenters. The number of amides is 1. The lowest BCUT2D eigenvalue weighted by Gasteiger charge is -2.18. The first kappa shape index (κ1) is 18.3. The van der Waals surface area contributed by atoms with E-state index in [0.717, 1.165) is 12.1 Å². The van der Waals surface area contributed by atoms with Gasteiger partial charge in [0.2, 0.25) is 0 Å². The molecule has 0 aliphatic carbocycles. The Morgan fingerprint density at radius 1 is 1.11 bits per heavy atom. The Balaban J connectivity index is 1.81. The maximum atomic E-state index is 12.8. The molecule has 0 bridgehead atoms. The van der Waals surface area contributed by atoms with E-state index in [2.05, 4.69) is 5.32 Å². The third-order valence-corrected chi connectivity index (χ3v) is 3.69. The number of alkyl halides is 3. The molecular weight excluding hydrogens is 361 g/mol. The van der Waals surface area contributed by atoms with Crippen LogP contribution in [0, 0.1) is 11.3 Å². The SMILES string of the molecule is N#CC(=Cc1ccc2c(c1)OCCO2)C(=O)Nc1cccc(C(F)(F)F)c1. The zero-order chi connectivity index (χ0) is 19.4. The minimum atomic E-state index is -4.53. The maximum Gasteiger partial charge on any atom is 0.416 e. The van der Waals surface area contributed by atoms with Crippen molar-refractivity contribution in [3.05, 3.63) is 59.2 Å². The van der Waals surface area contributed by atoms with Gasteiger partial charge in [-0.3, -0.25) is 4.79 Å². The average molecular weight is 374 g/mol. The summed E-state index contributed by atoms with van der Waals surface area (Å²) in [5.74, 6) is 0.239. The number of nitriles is 1. The highest BCUT2D eigenvalue weighted by molar-refractivity contribution is 6.09. The lowest BCUT2D eigenvalue weighted by Crippen LogP contribution is -2.15. The molecule has 1 amide bonds. The molecule has 0 radical (unpaired) electrons. The van der Waals surface area contributed by atoms with Gasteiger partial charge in [-0.1, -0.05) is 12.1 Å². The van der Waals surface area contributed by atoms with Crippen molar-refractivity contribution in [1.82, 2.24) is 0 Å². The molecule has 27 heavy (non-hydrogen) atoms. The van der Waals surface area contributed by atoms with Crippen LogP contribution in [0.2, 0.25) is 0 Å². The van der Waals surface area contributed by atoms with Gasteiger partial charge in [0.15, 0.2) is 11.5 Å². The van der Waals surface area contributed by atoms with Crippen LogP contribution in [0.1, 0.15) is 11.1 Å². The molecule has 0 saturated carbocycles. The van der Waals surface area contributed by atoms with Gasteiger partial charge in [-0.15, -0.1) is 0 Å². The van der Waals surface area contributed by atoms with E-state index in [1.54, 1.807) is 24.3 Å². The summed E-state index contributed by atoms with van der Waals surface area (Å²) in [6.45, 7) is 0.826. The van der Waals surface area contributed by atoms with Crippen LogP contribution in [-0.2, 0) is 11.0 Å². The normalized spacial score (nSPS) is 13.6. The molecule has 2 aromatic carbocycles. The third-order valence-electron chi connectivity index (χ3n) is 3.69. The van der Waals surface area contributed by atoms with Crippen molar-refractivity contribution in [2.75, 3.05) is 18.5 Å². The van der Waals surface area contributed by atoms with E-state index >= 15 is 0 Å². The molecule has 1 aliphatic rings. The zero-order valence-electron chi connectivity index (χ0n) is 13.8. The number of hydrogen-bond donors (Lipinski definition) is 1. The van der Waals surface area contributed by atoms with Crippen molar-refractivity contribution in [2.24, 2.45) is 0 Å². The van der Waals surface area contributed by atoms with Crippen molar-refractivity contribution in [3.8, 4) is 17.6 Å². The first-order valence-corrected chi connectivity index (χ1v) is 7.87. The van der Waals surface area contributed by atoms with Gasteiger partial charge < -0.3 is 14.8 Å². The summed E-state index contributed by atoms with van der Waals surface area (Å²) in [6, 6.07) is 10.8. The molecule has 1 aliphatic heterocycles. The van der Waals surface area contributed by atoms with Gasteiger partial charge in [0.1, 0.15) is 24.9 Å². The standard InChI is InChI=1S/C19H13F3N2O3/c20-19(21,22)14-2-1-3-15(10-14)24-18(25)13(11-23)8-12-4-5-16-17(9-12)27-7-6-26-16/h1-5,8-10H,6-7H2,(H,24,25). The number of benzene rings is 2. The van der Waals surface area contributed by atoms with Crippen molar-refractivity contribution in [3.63, 3.8) is 0 Å². The Morgan fingerprint density at radius 2 is 1.85 bits per heavy atom. The molecule has 2 aromatic rings. The second kappa shape index (κ2) is 7.41. The van der Waals surface area contributed by atoms with Crippen molar-refractivity contribution < 1.29 is 27.4 Å². The van der Waals surface area contributed by atoms with Gasteiger partial charge in [-0.25, -0.2) is 0 Å². The monoisotopic (exact) mass is 374 g/mol. The average Bonchev–Trinajstić information content (AvgIpc) is 2.65. The fourth-order valence-electron chi connectivity index (χ4n) is 2.44. The number of anilines is 1. The number of nitrogens with one attached hydrogen (secondary N) is 1. The Hall–Kier alpha value is -3.47. The van der Waals surface area contributed by atoms with Gasteiger partial charge in [0.05, 0.1) is 5.56 Å². The van der Waals surface area contributed by atoms with Gasteiger partial charge in [0.25, 0.3) is 5.91 Å². The molecule has 1 N–H and O–H groups in total. The quantitative estimate of drug-likeness (QED) is 0.651. The molecule has 0 fully saturated rings. The lowest BCUT2D eigenvalue weighted by atomic mass is 10.1. The fraction of sp³-hybridized carbons (Fsp3) is 0.158. The minimum absolute atomic E-state index is 0.0573. The molecule has 3 rings (SSSR count). The van der Waals surface area contributed by atoms with Crippen LogP contribution < -0.4 is 14.8 Å². The summed E-state index contributed by atoms with van der Waals surface area (Å²) >= 11 is 0. The number of rotatable bonds is 3. The second-order valence-corrected chi connectivity index (χ2v) is 5.61. The summed E-state index contributed by atoms with van der Waals surface area (Å²) in [7, 11) is 0. The first-order valence-electron chi connectivity index (χ1n) is 7.87. The predicted molar refractivity (Wildman–Crippen MR) is 91.1 cm³/mol. The molecule has 0 atom stereocenters. The maximum absolute atomic E-state index is 12.8. The predicted octanol–water partition coefficient (Wildman–Crippen LogP) is 4.02. The minimum Gasteiger partial charge on any atom is -0.486 e. The first-order chi connectivity index (χ1) is 12.9. The lowest BCUT2D eigenvalue weighted by molar-refractivity contribution is -0.137. The topological polar surface area (TPSA) is 71.3 Å². The van der Waals surface area contributed by atoms with E-state index in [0.29, 0.717) is 30.3 Å². The van der Waals surface area contributed by atoms with Crippen molar-refractivity contribution in [1.29, 1.82) is 5.26 Å². The summed E-state index contributed by atoms with van der Waals surface area (Å²) in [4.78, 5) is 12.3. The van der Waals surface area contributed by atoms with Gasteiger partial charge >= 0.3 is 6.18 Å². The van der Waals surface area contributed by atoms with E-state index in [9.17, 15) is 23.2 Å². The molecular formula is C19H13F3N2O3. The number of carbonyl (C=O) groups is 1. The van der Waals surface area contributed by atoms with Crippen LogP contribution in [0.5, 0.6) is 11.5 Å². The van der Waals surface area contributed by atoms with E-state index < -0.39 is 17.6 Å². The van der Waals surface area contributed by atoms with Crippen LogP contribution in [-0.4, -0.2) is 19.1 Å². The molecule has 138 valence electrons. The van der Waals surface area contributed by atoms with Crippen LogP contribution >= 0.6 is 0 Å². The second-order valence-electron chi connectivity index (χ2n) is 5.61. The third kappa shape index (κ3) is 4.39. The van der Waals surface area contributed by atoms with E-state index in [-0.39, 0.29) is 11.3 Å². The molecule has 0 saturated heterocycles. The number of fused-ring (bicyclic) bond motifs is 1. The summed E-state index contributed by atoms with van der Waals surface area (Å²) in [5.41, 5.74) is -0.688. The Bertz CT molecular complexity index is 946. The smallest absolute Gasteiger partial charge is 0.416 e. The highest BCUT2D eigenvalue weighted by atomic mass is 19.4. The molecule has 0 spiro atoms. The number of hydrogen-bond acceptors (Lipinski definition) is 4. The Morgan fingerprint density at radius 3 is 2.56 bits per heavy atom. The van der Waals surface area contributed by atoms with E-state index in [1.165, 1.54) is 18.2 Å². The van der Waals surface area contributed by atoms with Crippen LogP contribution in [0.25, 0.3) is 6.08 Å². The molecule has 0 aromatic heterocycles. The molecule has 5 nitrogen and oxygen atoms in total. The van der Waals surface area contributed by atoms with Crippen LogP contribution in [0.3, 0.4) is 0 Å². The van der Waals surface area contributed by atoms with Gasteiger partial charge in [0, 0.05) is 5.69 Å². The Labute approximate surface area is 152 Å². The number of ether oxygens (including phenoxy) is 2. The van der Waals surface area contributed by atoms with Crippen LogP contribution in [0.4, 0.5) is 18.9 Å². The number of nitrogens with zero attached hydrogens (tertiary/aromatic N) is 1. The van der Waals surface area contributed by atoms with Crippen molar-refractivity contribution in [2.45, 2.75) is 6.18 Å².